The lowest BCUT2D eigenvalue weighted by Crippen LogP contribution is -2.32. The Labute approximate surface area is 289 Å². The van der Waals surface area contributed by atoms with Gasteiger partial charge in [0.05, 0.1) is 0 Å². The minimum absolute atomic E-state index is 0.0346. The van der Waals surface area contributed by atoms with Gasteiger partial charge in [0.25, 0.3) is 0 Å². The fourth-order valence-corrected chi connectivity index (χ4v) is 6.43. The normalized spacial score (nSPS) is 13.1. The van der Waals surface area contributed by atoms with Crippen molar-refractivity contribution in [1.82, 2.24) is 30.8 Å². The summed E-state index contributed by atoms with van der Waals surface area (Å²) in [6.45, 7) is 22.7. The van der Waals surface area contributed by atoms with E-state index in [4.69, 9.17) is 0 Å². The van der Waals surface area contributed by atoms with Gasteiger partial charge in [0.15, 0.2) is 0 Å². The number of aromatic hydroxyl groups is 2. The van der Waals surface area contributed by atoms with Crippen molar-refractivity contribution in [2.24, 2.45) is 21.7 Å². The highest BCUT2D eigenvalue weighted by Crippen LogP contribution is 2.48. The standard InChI is InChI=1S/C41H50N6O2/c1-38(2,3)40(7,8)22-30-24(26-13-11-15-32-36(26)44-46-42-32)17-19-34(48)28(30)21-29-31(23-41(9,10)39(4,5)6)25(18-20-35(29)49)27-14-12-16-33-37(27)45-47-43-33/h11-20,48-49H,21-23H2,1-10H3,(H,42,44,46)(H,43,45,47). The van der Waals surface area contributed by atoms with E-state index >= 15 is 0 Å². The van der Waals surface area contributed by atoms with Crippen LogP contribution in [0.25, 0.3) is 44.3 Å². The third kappa shape index (κ3) is 6.18. The molecule has 0 aliphatic rings. The van der Waals surface area contributed by atoms with Crippen LogP contribution in [0.5, 0.6) is 11.5 Å². The summed E-state index contributed by atoms with van der Waals surface area (Å²) >= 11 is 0. The van der Waals surface area contributed by atoms with Crippen molar-refractivity contribution < 1.29 is 10.2 Å². The summed E-state index contributed by atoms with van der Waals surface area (Å²) in [5.41, 5.74) is 10.4. The van der Waals surface area contributed by atoms with Crippen LogP contribution in [0.3, 0.4) is 0 Å². The van der Waals surface area contributed by atoms with Crippen molar-refractivity contribution in [3.8, 4) is 33.8 Å². The van der Waals surface area contributed by atoms with Gasteiger partial charge in [0.2, 0.25) is 0 Å². The van der Waals surface area contributed by atoms with Crippen molar-refractivity contribution in [3.05, 3.63) is 82.9 Å². The first-order chi connectivity index (χ1) is 22.9. The van der Waals surface area contributed by atoms with Crippen molar-refractivity contribution in [2.45, 2.75) is 88.5 Å². The Morgan fingerprint density at radius 1 is 0.469 bits per heavy atom. The smallest absolute Gasteiger partial charge is 0.120 e. The first kappa shape index (κ1) is 34.2. The molecule has 49 heavy (non-hydrogen) atoms. The van der Waals surface area contributed by atoms with Gasteiger partial charge in [-0.3, -0.25) is 0 Å². The molecule has 256 valence electrons. The Morgan fingerprint density at radius 3 is 1.22 bits per heavy atom. The number of rotatable bonds is 8. The summed E-state index contributed by atoms with van der Waals surface area (Å²) < 4.78 is 0. The number of aromatic amines is 2. The number of nitrogens with one attached hydrogen (secondary N) is 2. The fraction of sp³-hybridized carbons (Fsp3) is 0.415. The summed E-state index contributed by atoms with van der Waals surface area (Å²) in [5, 5.41) is 47.0. The largest absolute Gasteiger partial charge is 0.508 e. The predicted octanol–water partition coefficient (Wildman–Crippen LogP) is 9.79. The molecule has 8 nitrogen and oxygen atoms in total. The molecular weight excluding hydrogens is 608 g/mol. The number of phenols is 2. The highest BCUT2D eigenvalue weighted by molar-refractivity contribution is 5.94. The Kier molecular flexibility index (Phi) is 8.37. The Hall–Kier alpha value is -4.72. The van der Waals surface area contributed by atoms with Crippen LogP contribution >= 0.6 is 0 Å². The Bertz CT molecular complexity index is 2000. The topological polar surface area (TPSA) is 124 Å². The molecule has 2 heterocycles. The molecule has 0 unspecified atom stereocenters. The van der Waals surface area contributed by atoms with Crippen molar-refractivity contribution >= 4 is 22.1 Å². The molecule has 0 amide bonds. The fourth-order valence-electron chi connectivity index (χ4n) is 6.43. The highest BCUT2D eigenvalue weighted by Gasteiger charge is 2.37. The van der Waals surface area contributed by atoms with Crippen LogP contribution in [0.2, 0.25) is 0 Å². The minimum atomic E-state index is -0.147. The van der Waals surface area contributed by atoms with E-state index in [0.717, 1.165) is 66.6 Å². The van der Waals surface area contributed by atoms with Gasteiger partial charge in [0, 0.05) is 28.7 Å². The van der Waals surface area contributed by atoms with Crippen LogP contribution in [-0.4, -0.2) is 41.0 Å². The molecule has 4 N–H and O–H groups in total. The molecule has 0 bridgehead atoms. The van der Waals surface area contributed by atoms with E-state index in [1.165, 1.54) is 0 Å². The van der Waals surface area contributed by atoms with Crippen LogP contribution < -0.4 is 0 Å². The van der Waals surface area contributed by atoms with Gasteiger partial charge in [-0.1, -0.05) is 106 Å². The third-order valence-electron chi connectivity index (χ3n) is 11.7. The van der Waals surface area contributed by atoms with Gasteiger partial charge in [-0.2, -0.15) is 30.8 Å². The van der Waals surface area contributed by atoms with Gasteiger partial charge in [0.1, 0.15) is 33.6 Å². The average molecular weight is 659 g/mol. The summed E-state index contributed by atoms with van der Waals surface area (Å²) in [6.07, 6.45) is 1.74. The van der Waals surface area contributed by atoms with E-state index < -0.39 is 0 Å². The first-order valence-electron chi connectivity index (χ1n) is 17.2. The zero-order valence-corrected chi connectivity index (χ0v) is 30.6. The summed E-state index contributed by atoms with van der Waals surface area (Å²) in [4.78, 5) is 0. The Morgan fingerprint density at radius 2 is 0.857 bits per heavy atom. The van der Waals surface area contributed by atoms with Crippen LogP contribution in [-0.2, 0) is 19.3 Å². The van der Waals surface area contributed by atoms with Crippen molar-refractivity contribution in [1.29, 1.82) is 0 Å². The molecule has 8 heteroatoms. The molecule has 2 aromatic heterocycles. The van der Waals surface area contributed by atoms with Crippen molar-refractivity contribution in [3.63, 3.8) is 0 Å². The summed E-state index contributed by atoms with van der Waals surface area (Å²) in [7, 11) is 0. The zero-order valence-electron chi connectivity index (χ0n) is 30.6. The number of fused-ring (bicyclic) bond motifs is 2. The summed E-state index contributed by atoms with van der Waals surface area (Å²) in [5.74, 6) is 0.417. The lowest BCUT2D eigenvalue weighted by Gasteiger charge is -2.40. The van der Waals surface area contributed by atoms with Gasteiger partial charge >= 0.3 is 0 Å². The van der Waals surface area contributed by atoms with Gasteiger partial charge in [-0.25, -0.2) is 0 Å². The lowest BCUT2D eigenvalue weighted by atomic mass is 9.64. The zero-order chi connectivity index (χ0) is 35.5. The van der Waals surface area contributed by atoms with E-state index in [9.17, 15) is 10.2 Å². The second-order valence-corrected chi connectivity index (χ2v) is 17.0. The molecule has 0 radical (unpaired) electrons. The Balaban J connectivity index is 1.63. The molecule has 0 aliphatic carbocycles. The molecule has 6 rings (SSSR count). The molecule has 6 aromatic rings. The molecule has 0 aliphatic heterocycles. The molecule has 0 spiro atoms. The predicted molar refractivity (Wildman–Crippen MR) is 199 cm³/mol. The molecular formula is C41H50N6O2. The van der Waals surface area contributed by atoms with E-state index in [1.807, 2.05) is 36.4 Å². The van der Waals surface area contributed by atoms with Gasteiger partial charge in [-0.15, -0.1) is 0 Å². The van der Waals surface area contributed by atoms with Crippen LogP contribution in [0.1, 0.15) is 91.5 Å². The molecule has 4 aromatic carbocycles. The second kappa shape index (κ2) is 12.0. The molecule has 0 atom stereocenters. The molecule has 0 fully saturated rings. The summed E-state index contributed by atoms with van der Waals surface area (Å²) in [6, 6.07) is 19.6. The van der Waals surface area contributed by atoms with E-state index in [0.29, 0.717) is 19.3 Å². The van der Waals surface area contributed by atoms with Gasteiger partial charge < -0.3 is 10.2 Å². The molecule has 0 saturated heterocycles. The highest BCUT2D eigenvalue weighted by atomic mass is 16.3. The number of para-hydroxylation sites is 2. The maximum absolute atomic E-state index is 11.8. The monoisotopic (exact) mass is 658 g/mol. The number of phenolic OH excluding ortho intramolecular Hbond substituents is 2. The first-order valence-corrected chi connectivity index (χ1v) is 17.2. The number of hydrogen-bond acceptors (Lipinski definition) is 6. The molecule has 0 saturated carbocycles. The quantitative estimate of drug-likeness (QED) is 0.129. The number of H-pyrrole nitrogens is 2. The second-order valence-electron chi connectivity index (χ2n) is 17.0. The van der Waals surface area contributed by atoms with Crippen LogP contribution in [0, 0.1) is 21.7 Å². The lowest BCUT2D eigenvalue weighted by molar-refractivity contribution is 0.131. The van der Waals surface area contributed by atoms with E-state index in [1.54, 1.807) is 12.1 Å². The SMILES string of the molecule is CC(C)(C)C(C)(C)Cc1c(-c2cccc3n[nH]nc23)ccc(O)c1Cc1c(O)ccc(-c2cccc3n[nH]nc23)c1CC(C)(C)C(C)(C)C. The van der Waals surface area contributed by atoms with E-state index in [2.05, 4.69) is 112 Å². The maximum Gasteiger partial charge on any atom is 0.120 e. The van der Waals surface area contributed by atoms with E-state index in [-0.39, 0.29) is 33.2 Å². The number of benzene rings is 4. The number of aromatic nitrogens is 6. The van der Waals surface area contributed by atoms with Crippen LogP contribution in [0.4, 0.5) is 0 Å². The number of nitrogens with zero attached hydrogens (tertiary/aromatic N) is 4. The van der Waals surface area contributed by atoms with Crippen molar-refractivity contribution in [2.75, 3.05) is 0 Å². The average Bonchev–Trinajstić information content (AvgIpc) is 3.69. The minimum Gasteiger partial charge on any atom is -0.508 e. The van der Waals surface area contributed by atoms with Crippen LogP contribution in [0.15, 0.2) is 60.7 Å². The maximum atomic E-state index is 11.8. The van der Waals surface area contributed by atoms with Gasteiger partial charge in [-0.05, 0) is 81.0 Å². The number of hydrogen-bond donors (Lipinski definition) is 4. The third-order valence-corrected chi connectivity index (χ3v) is 11.7.